The van der Waals surface area contributed by atoms with Crippen LogP contribution in [0.4, 0.5) is 0 Å². The molecule has 0 aromatic rings. The molecule has 2 rings (SSSR count). The normalized spacial score (nSPS) is 25.6. The summed E-state index contributed by atoms with van der Waals surface area (Å²) >= 11 is 0. The summed E-state index contributed by atoms with van der Waals surface area (Å²) in [4.78, 5) is 13.8. The largest absolute Gasteiger partial charge is 0.344 e. The first-order valence-corrected chi connectivity index (χ1v) is 5.56. The predicted molar refractivity (Wildman–Crippen MR) is 55.7 cm³/mol. The molecule has 3 heteroatoms. The van der Waals surface area contributed by atoms with Gasteiger partial charge >= 0.3 is 0 Å². The van der Waals surface area contributed by atoms with E-state index in [1.54, 1.807) is 0 Å². The molecule has 14 heavy (non-hydrogen) atoms. The molecule has 0 aromatic heterocycles. The second kappa shape index (κ2) is 3.23. The van der Waals surface area contributed by atoms with Gasteiger partial charge in [-0.15, -0.1) is 0 Å². The number of likely N-dealkylation sites (N-methyl/N-ethyl adjacent to an activating group) is 1. The summed E-state index contributed by atoms with van der Waals surface area (Å²) in [5.41, 5.74) is 5.46. The van der Waals surface area contributed by atoms with Crippen molar-refractivity contribution in [3.63, 3.8) is 0 Å². The summed E-state index contributed by atoms with van der Waals surface area (Å²) in [6, 6.07) is 0. The lowest BCUT2D eigenvalue weighted by atomic mass is 9.95. The molecule has 1 atom stereocenters. The third-order valence-electron chi connectivity index (χ3n) is 3.46. The molecule has 1 amide bonds. The molecule has 0 heterocycles. The standard InChI is InChI=1S/C11H20N2O/c1-11(12,9-5-6-9)10(14)13(2)7-8-3-4-8/h8-9H,3-7,12H2,1-2H3. The van der Waals surface area contributed by atoms with Crippen molar-refractivity contribution in [2.24, 2.45) is 17.6 Å². The van der Waals surface area contributed by atoms with Crippen LogP contribution in [0, 0.1) is 11.8 Å². The summed E-state index contributed by atoms with van der Waals surface area (Å²) in [6.45, 7) is 2.79. The summed E-state index contributed by atoms with van der Waals surface area (Å²) in [7, 11) is 1.88. The number of carbonyl (C=O) groups excluding carboxylic acids is 1. The smallest absolute Gasteiger partial charge is 0.242 e. The molecule has 0 radical (unpaired) electrons. The fraction of sp³-hybridized carbons (Fsp3) is 0.909. The fourth-order valence-electron chi connectivity index (χ4n) is 2.04. The Morgan fingerprint density at radius 3 is 2.43 bits per heavy atom. The molecule has 0 saturated heterocycles. The number of amides is 1. The van der Waals surface area contributed by atoms with Crippen molar-refractivity contribution in [3.05, 3.63) is 0 Å². The van der Waals surface area contributed by atoms with Crippen molar-refractivity contribution in [3.8, 4) is 0 Å². The quantitative estimate of drug-likeness (QED) is 0.728. The number of hydrogen-bond acceptors (Lipinski definition) is 2. The van der Waals surface area contributed by atoms with Crippen LogP contribution in [0.25, 0.3) is 0 Å². The molecule has 1 unspecified atom stereocenters. The van der Waals surface area contributed by atoms with Crippen molar-refractivity contribution < 1.29 is 4.79 Å². The van der Waals surface area contributed by atoms with Crippen molar-refractivity contribution in [2.75, 3.05) is 13.6 Å². The number of nitrogens with two attached hydrogens (primary N) is 1. The lowest BCUT2D eigenvalue weighted by Gasteiger charge is -2.29. The zero-order valence-corrected chi connectivity index (χ0v) is 9.12. The van der Waals surface area contributed by atoms with E-state index in [1.807, 2.05) is 18.9 Å². The first-order chi connectivity index (χ1) is 6.51. The SMILES string of the molecule is CN(CC1CC1)C(=O)C(C)(N)C1CC1. The molecule has 2 fully saturated rings. The van der Waals surface area contributed by atoms with Gasteiger partial charge in [-0.1, -0.05) is 0 Å². The van der Waals surface area contributed by atoms with Crippen LogP contribution in [-0.2, 0) is 4.79 Å². The highest BCUT2D eigenvalue weighted by Gasteiger charge is 2.45. The minimum Gasteiger partial charge on any atom is -0.344 e. The number of rotatable bonds is 4. The van der Waals surface area contributed by atoms with Gasteiger partial charge in [-0.25, -0.2) is 0 Å². The van der Waals surface area contributed by atoms with Gasteiger partial charge in [0.2, 0.25) is 5.91 Å². The van der Waals surface area contributed by atoms with Crippen LogP contribution in [0.15, 0.2) is 0 Å². The van der Waals surface area contributed by atoms with E-state index >= 15 is 0 Å². The third kappa shape index (κ3) is 1.92. The lowest BCUT2D eigenvalue weighted by molar-refractivity contribution is -0.136. The molecular weight excluding hydrogens is 176 g/mol. The molecule has 2 aliphatic carbocycles. The molecule has 80 valence electrons. The first kappa shape index (κ1) is 9.97. The van der Waals surface area contributed by atoms with Gasteiger partial charge in [0, 0.05) is 13.6 Å². The van der Waals surface area contributed by atoms with Crippen LogP contribution in [0.1, 0.15) is 32.6 Å². The lowest BCUT2D eigenvalue weighted by Crippen LogP contribution is -2.54. The van der Waals surface area contributed by atoms with Crippen molar-refractivity contribution >= 4 is 5.91 Å². The van der Waals surface area contributed by atoms with Gasteiger partial charge in [0.1, 0.15) is 0 Å². The average Bonchev–Trinajstić information content (AvgIpc) is 2.94. The number of carbonyl (C=O) groups is 1. The van der Waals surface area contributed by atoms with E-state index in [4.69, 9.17) is 5.73 Å². The van der Waals surface area contributed by atoms with E-state index in [0.29, 0.717) is 5.92 Å². The minimum absolute atomic E-state index is 0.131. The second-order valence-corrected chi connectivity index (χ2v) is 5.19. The molecule has 0 aliphatic heterocycles. The van der Waals surface area contributed by atoms with Gasteiger partial charge in [0.15, 0.2) is 0 Å². The van der Waals surface area contributed by atoms with Crippen LogP contribution in [0.3, 0.4) is 0 Å². The van der Waals surface area contributed by atoms with Gasteiger partial charge in [-0.05, 0) is 44.4 Å². The third-order valence-corrected chi connectivity index (χ3v) is 3.46. The van der Waals surface area contributed by atoms with E-state index in [-0.39, 0.29) is 5.91 Å². The molecule has 2 N–H and O–H groups in total. The topological polar surface area (TPSA) is 46.3 Å². The average molecular weight is 196 g/mol. The zero-order valence-electron chi connectivity index (χ0n) is 9.12. The molecule has 2 saturated carbocycles. The van der Waals surface area contributed by atoms with Crippen LogP contribution in [0.2, 0.25) is 0 Å². The maximum atomic E-state index is 12.0. The van der Waals surface area contributed by atoms with Gasteiger partial charge < -0.3 is 10.6 Å². The highest BCUT2D eigenvalue weighted by molar-refractivity contribution is 5.86. The Morgan fingerprint density at radius 2 is 2.00 bits per heavy atom. The molecule has 0 bridgehead atoms. The van der Waals surface area contributed by atoms with Gasteiger partial charge in [-0.3, -0.25) is 4.79 Å². The molecule has 0 spiro atoms. The number of hydrogen-bond donors (Lipinski definition) is 1. The highest BCUT2D eigenvalue weighted by Crippen LogP contribution is 2.39. The summed E-state index contributed by atoms with van der Waals surface area (Å²) in [5, 5.41) is 0. The number of nitrogens with zero attached hydrogens (tertiary/aromatic N) is 1. The van der Waals surface area contributed by atoms with Crippen molar-refractivity contribution in [2.45, 2.75) is 38.1 Å². The Morgan fingerprint density at radius 1 is 1.43 bits per heavy atom. The Balaban J connectivity index is 1.90. The van der Waals surface area contributed by atoms with Gasteiger partial charge in [-0.2, -0.15) is 0 Å². The summed E-state index contributed by atoms with van der Waals surface area (Å²) < 4.78 is 0. The zero-order chi connectivity index (χ0) is 10.3. The molecule has 3 nitrogen and oxygen atoms in total. The Bertz CT molecular complexity index is 242. The van der Waals surface area contributed by atoms with E-state index in [2.05, 4.69) is 0 Å². The maximum Gasteiger partial charge on any atom is 0.242 e. The monoisotopic (exact) mass is 196 g/mol. The second-order valence-electron chi connectivity index (χ2n) is 5.19. The Kier molecular flexibility index (Phi) is 2.30. The molecule has 0 aromatic carbocycles. The van der Waals surface area contributed by atoms with Crippen molar-refractivity contribution in [1.82, 2.24) is 4.90 Å². The summed E-state index contributed by atoms with van der Waals surface area (Å²) in [5.74, 6) is 1.31. The van der Waals surface area contributed by atoms with E-state index in [9.17, 15) is 4.79 Å². The van der Waals surface area contributed by atoms with Crippen molar-refractivity contribution in [1.29, 1.82) is 0 Å². The van der Waals surface area contributed by atoms with E-state index < -0.39 is 5.54 Å². The fourth-order valence-corrected chi connectivity index (χ4v) is 2.04. The van der Waals surface area contributed by atoms with Crippen LogP contribution in [0.5, 0.6) is 0 Å². The molecular formula is C11H20N2O. The van der Waals surface area contributed by atoms with Crippen LogP contribution < -0.4 is 5.73 Å². The van der Waals surface area contributed by atoms with Gasteiger partial charge in [0.05, 0.1) is 5.54 Å². The Labute approximate surface area is 85.6 Å². The minimum atomic E-state index is -0.607. The molecule has 2 aliphatic rings. The van der Waals surface area contributed by atoms with Gasteiger partial charge in [0.25, 0.3) is 0 Å². The van der Waals surface area contributed by atoms with E-state index in [1.165, 1.54) is 12.8 Å². The predicted octanol–water partition coefficient (Wildman–Crippen LogP) is 0.982. The maximum absolute atomic E-state index is 12.0. The van der Waals surface area contributed by atoms with Crippen LogP contribution >= 0.6 is 0 Å². The van der Waals surface area contributed by atoms with Crippen LogP contribution in [-0.4, -0.2) is 29.9 Å². The first-order valence-electron chi connectivity index (χ1n) is 5.56. The summed E-state index contributed by atoms with van der Waals surface area (Å²) in [6.07, 6.45) is 4.80. The highest BCUT2D eigenvalue weighted by atomic mass is 16.2. The van der Waals surface area contributed by atoms with E-state index in [0.717, 1.165) is 25.3 Å². The Hall–Kier alpha value is -0.570.